The van der Waals surface area contributed by atoms with E-state index in [1.54, 1.807) is 0 Å². The second-order valence-electron chi connectivity index (χ2n) is 3.81. The van der Waals surface area contributed by atoms with Crippen molar-refractivity contribution < 1.29 is 18.3 Å². The zero-order chi connectivity index (χ0) is 11.1. The fourth-order valence-electron chi connectivity index (χ4n) is 1.13. The molecule has 0 atom stereocenters. The molecule has 2 N–H and O–H groups in total. The Labute approximate surface area is 90.9 Å². The quantitative estimate of drug-likeness (QED) is 0.541. The van der Waals surface area contributed by atoms with E-state index in [2.05, 4.69) is 4.72 Å². The molecule has 0 spiro atoms. The number of rotatable bonds is 9. The van der Waals surface area contributed by atoms with Crippen molar-refractivity contribution in [3.63, 3.8) is 0 Å². The molecule has 0 aromatic carbocycles. The fourth-order valence-corrected chi connectivity index (χ4v) is 2.18. The van der Waals surface area contributed by atoms with Gasteiger partial charge in [0.25, 0.3) is 0 Å². The standard InChI is InChI=1S/C9H19NO4S/c11-5-1-7-15(12,13)10-4-6-14-8-9-2-3-9/h9-11H,1-8H2. The van der Waals surface area contributed by atoms with Crippen LogP contribution in [0.1, 0.15) is 19.3 Å². The Morgan fingerprint density at radius 3 is 2.73 bits per heavy atom. The van der Waals surface area contributed by atoms with E-state index in [1.165, 1.54) is 12.8 Å². The second-order valence-corrected chi connectivity index (χ2v) is 5.74. The van der Waals surface area contributed by atoms with Crippen molar-refractivity contribution in [3.8, 4) is 0 Å². The van der Waals surface area contributed by atoms with E-state index in [9.17, 15) is 8.42 Å². The lowest BCUT2D eigenvalue weighted by Crippen LogP contribution is -2.30. The maximum absolute atomic E-state index is 11.2. The Hall–Kier alpha value is -0.170. The van der Waals surface area contributed by atoms with Crippen LogP contribution in [0.5, 0.6) is 0 Å². The Balaban J connectivity index is 1.96. The lowest BCUT2D eigenvalue weighted by Gasteiger charge is -2.06. The highest BCUT2D eigenvalue weighted by molar-refractivity contribution is 7.89. The molecule has 1 rings (SSSR count). The molecule has 15 heavy (non-hydrogen) atoms. The van der Waals surface area contributed by atoms with E-state index in [4.69, 9.17) is 9.84 Å². The first kappa shape index (κ1) is 12.9. The van der Waals surface area contributed by atoms with Gasteiger partial charge in [0.1, 0.15) is 0 Å². The summed E-state index contributed by atoms with van der Waals surface area (Å²) in [5, 5.41) is 8.49. The monoisotopic (exact) mass is 237 g/mol. The van der Waals surface area contributed by atoms with Gasteiger partial charge in [-0.2, -0.15) is 0 Å². The summed E-state index contributed by atoms with van der Waals surface area (Å²) in [7, 11) is -3.22. The van der Waals surface area contributed by atoms with Crippen molar-refractivity contribution in [2.75, 3.05) is 32.1 Å². The van der Waals surface area contributed by atoms with Crippen LogP contribution in [-0.4, -0.2) is 45.6 Å². The molecule has 6 heteroatoms. The van der Waals surface area contributed by atoms with Crippen LogP contribution < -0.4 is 4.72 Å². The van der Waals surface area contributed by atoms with Gasteiger partial charge >= 0.3 is 0 Å². The van der Waals surface area contributed by atoms with E-state index >= 15 is 0 Å². The third kappa shape index (κ3) is 6.83. The summed E-state index contributed by atoms with van der Waals surface area (Å²) in [6, 6.07) is 0. The van der Waals surface area contributed by atoms with Crippen LogP contribution in [0.25, 0.3) is 0 Å². The molecular weight excluding hydrogens is 218 g/mol. The Kier molecular flexibility index (Phi) is 5.52. The first-order valence-electron chi connectivity index (χ1n) is 5.30. The van der Waals surface area contributed by atoms with Gasteiger partial charge in [-0.25, -0.2) is 13.1 Å². The van der Waals surface area contributed by atoms with Gasteiger partial charge in [0.2, 0.25) is 10.0 Å². The fraction of sp³-hybridized carbons (Fsp3) is 1.00. The summed E-state index contributed by atoms with van der Waals surface area (Å²) in [6.45, 7) is 1.40. The van der Waals surface area contributed by atoms with Crippen LogP contribution in [0.4, 0.5) is 0 Å². The zero-order valence-corrected chi connectivity index (χ0v) is 9.63. The Bertz CT molecular complexity index is 261. The van der Waals surface area contributed by atoms with Gasteiger partial charge in [0, 0.05) is 19.8 Å². The van der Waals surface area contributed by atoms with Crippen molar-refractivity contribution >= 4 is 10.0 Å². The average Bonchev–Trinajstić information content (AvgIpc) is 2.98. The molecule has 0 aliphatic heterocycles. The van der Waals surface area contributed by atoms with E-state index in [0.717, 1.165) is 6.61 Å². The Morgan fingerprint density at radius 2 is 2.13 bits per heavy atom. The van der Waals surface area contributed by atoms with Crippen LogP contribution in [0, 0.1) is 5.92 Å². The molecule has 0 bridgehead atoms. The highest BCUT2D eigenvalue weighted by Crippen LogP contribution is 2.28. The number of hydrogen-bond acceptors (Lipinski definition) is 4. The van der Waals surface area contributed by atoms with Crippen LogP contribution in [0.2, 0.25) is 0 Å². The third-order valence-electron chi connectivity index (χ3n) is 2.19. The highest BCUT2D eigenvalue weighted by Gasteiger charge is 2.20. The molecule has 0 heterocycles. The molecule has 0 aromatic heterocycles. The first-order chi connectivity index (χ1) is 7.14. The summed E-state index contributed by atoms with van der Waals surface area (Å²) in [5.74, 6) is 0.683. The molecule has 1 aliphatic rings. The van der Waals surface area contributed by atoms with Gasteiger partial charge < -0.3 is 9.84 Å². The highest BCUT2D eigenvalue weighted by atomic mass is 32.2. The van der Waals surface area contributed by atoms with Gasteiger partial charge in [-0.1, -0.05) is 0 Å². The van der Waals surface area contributed by atoms with Crippen molar-refractivity contribution in [2.24, 2.45) is 5.92 Å². The molecule has 1 aliphatic carbocycles. The molecule has 5 nitrogen and oxygen atoms in total. The molecule has 0 amide bonds. The Morgan fingerprint density at radius 1 is 1.40 bits per heavy atom. The smallest absolute Gasteiger partial charge is 0.211 e. The molecule has 90 valence electrons. The SMILES string of the molecule is O=S(=O)(CCCO)NCCOCC1CC1. The van der Waals surface area contributed by atoms with Crippen molar-refractivity contribution in [1.29, 1.82) is 0 Å². The number of hydrogen-bond donors (Lipinski definition) is 2. The van der Waals surface area contributed by atoms with Gasteiger partial charge in [0.15, 0.2) is 0 Å². The number of sulfonamides is 1. The molecule has 0 aromatic rings. The molecule has 1 fully saturated rings. The summed E-state index contributed by atoms with van der Waals surface area (Å²) < 4.78 is 30.1. The van der Waals surface area contributed by atoms with Crippen molar-refractivity contribution in [3.05, 3.63) is 0 Å². The van der Waals surface area contributed by atoms with E-state index in [0.29, 0.717) is 19.1 Å². The predicted molar refractivity (Wildman–Crippen MR) is 57.0 cm³/mol. The number of ether oxygens (including phenoxy) is 1. The number of aliphatic hydroxyl groups is 1. The molecule has 1 saturated carbocycles. The van der Waals surface area contributed by atoms with Gasteiger partial charge in [-0.05, 0) is 25.2 Å². The van der Waals surface area contributed by atoms with Gasteiger partial charge in [-0.3, -0.25) is 0 Å². The van der Waals surface area contributed by atoms with Crippen LogP contribution >= 0.6 is 0 Å². The molecule has 0 unspecified atom stereocenters. The summed E-state index contributed by atoms with van der Waals surface area (Å²) in [6.07, 6.45) is 2.75. The zero-order valence-electron chi connectivity index (χ0n) is 8.81. The lowest BCUT2D eigenvalue weighted by atomic mass is 10.5. The van der Waals surface area contributed by atoms with Crippen LogP contribution in [-0.2, 0) is 14.8 Å². The van der Waals surface area contributed by atoms with E-state index in [1.807, 2.05) is 0 Å². The molecule has 0 radical (unpaired) electrons. The third-order valence-corrected chi connectivity index (χ3v) is 3.66. The van der Waals surface area contributed by atoms with Crippen molar-refractivity contribution in [2.45, 2.75) is 19.3 Å². The average molecular weight is 237 g/mol. The summed E-state index contributed by atoms with van der Waals surface area (Å²) in [5.41, 5.74) is 0. The van der Waals surface area contributed by atoms with E-state index < -0.39 is 10.0 Å². The minimum Gasteiger partial charge on any atom is -0.396 e. The van der Waals surface area contributed by atoms with Crippen molar-refractivity contribution in [1.82, 2.24) is 4.72 Å². The summed E-state index contributed by atoms with van der Waals surface area (Å²) >= 11 is 0. The normalized spacial score (nSPS) is 16.9. The topological polar surface area (TPSA) is 75.6 Å². The molecular formula is C9H19NO4S. The maximum atomic E-state index is 11.2. The number of aliphatic hydroxyl groups excluding tert-OH is 1. The van der Waals surface area contributed by atoms with Crippen LogP contribution in [0.15, 0.2) is 0 Å². The predicted octanol–water partition coefficient (Wildman–Crippen LogP) is -0.285. The molecule has 0 saturated heterocycles. The lowest BCUT2D eigenvalue weighted by molar-refractivity contribution is 0.129. The second kappa shape index (κ2) is 6.42. The van der Waals surface area contributed by atoms with E-state index in [-0.39, 0.29) is 18.8 Å². The first-order valence-corrected chi connectivity index (χ1v) is 6.95. The maximum Gasteiger partial charge on any atom is 0.211 e. The summed E-state index contributed by atoms with van der Waals surface area (Å²) in [4.78, 5) is 0. The minimum absolute atomic E-state index is 0.0217. The van der Waals surface area contributed by atoms with Gasteiger partial charge in [0.05, 0.1) is 12.4 Å². The van der Waals surface area contributed by atoms with Gasteiger partial charge in [-0.15, -0.1) is 0 Å². The minimum atomic E-state index is -3.22. The largest absolute Gasteiger partial charge is 0.396 e. The van der Waals surface area contributed by atoms with Crippen LogP contribution in [0.3, 0.4) is 0 Å². The number of nitrogens with one attached hydrogen (secondary N) is 1.